The average molecular weight is 244 g/mol. The number of hydrogen-bond acceptors (Lipinski definition) is 3. The molecule has 3 nitrogen and oxygen atoms in total. The minimum absolute atomic E-state index is 0.00832. The maximum atomic E-state index is 12.0. The van der Waals surface area contributed by atoms with Crippen molar-refractivity contribution in [3.63, 3.8) is 0 Å². The summed E-state index contributed by atoms with van der Waals surface area (Å²) < 4.78 is 39.6. The van der Waals surface area contributed by atoms with Gasteiger partial charge in [-0.1, -0.05) is 11.8 Å². The van der Waals surface area contributed by atoms with E-state index < -0.39 is 18.7 Å². The molecular formula is C11H7F3O3. The second-order valence-electron chi connectivity index (χ2n) is 2.92. The molecule has 0 amide bonds. The number of aliphatic hydroxyl groups excluding tert-OH is 1. The molecule has 0 aromatic heterocycles. The highest BCUT2D eigenvalue weighted by atomic mass is 19.4. The minimum atomic E-state index is -4.83. The third kappa shape index (κ3) is 4.57. The number of alkyl halides is 3. The van der Waals surface area contributed by atoms with Gasteiger partial charge in [-0.05, 0) is 18.2 Å². The summed E-state index contributed by atoms with van der Waals surface area (Å²) in [5.41, 5.74) is 0.164. The first-order valence-electron chi connectivity index (χ1n) is 4.40. The summed E-state index contributed by atoms with van der Waals surface area (Å²) >= 11 is 0. The highest BCUT2D eigenvalue weighted by Gasteiger charge is 2.31. The van der Waals surface area contributed by atoms with Crippen LogP contribution in [0.5, 0.6) is 5.75 Å². The van der Waals surface area contributed by atoms with Crippen molar-refractivity contribution in [1.29, 1.82) is 0 Å². The van der Waals surface area contributed by atoms with E-state index in [2.05, 4.69) is 16.6 Å². The fourth-order valence-corrected chi connectivity index (χ4v) is 1.10. The summed E-state index contributed by atoms with van der Waals surface area (Å²) in [4.78, 5) is 10.5. The smallest absolute Gasteiger partial charge is 0.406 e. The van der Waals surface area contributed by atoms with Gasteiger partial charge >= 0.3 is 6.36 Å². The van der Waals surface area contributed by atoms with Gasteiger partial charge in [0.05, 0.1) is 0 Å². The van der Waals surface area contributed by atoms with E-state index in [-0.39, 0.29) is 11.1 Å². The Morgan fingerprint density at radius 2 is 2.06 bits per heavy atom. The summed E-state index contributed by atoms with van der Waals surface area (Å²) in [6.45, 7) is -0.430. The largest absolute Gasteiger partial charge is 0.573 e. The van der Waals surface area contributed by atoms with E-state index in [4.69, 9.17) is 5.11 Å². The van der Waals surface area contributed by atoms with E-state index in [1.807, 2.05) is 0 Å². The number of aliphatic hydroxyl groups is 1. The minimum Gasteiger partial charge on any atom is -0.406 e. The SMILES string of the molecule is O=Cc1cc(C#CCO)cc(OC(F)(F)F)c1. The second-order valence-corrected chi connectivity index (χ2v) is 2.92. The number of carbonyl (C=O) groups excluding carboxylic acids is 1. The zero-order valence-electron chi connectivity index (χ0n) is 8.41. The third-order valence-corrected chi connectivity index (χ3v) is 1.61. The third-order valence-electron chi connectivity index (χ3n) is 1.61. The van der Waals surface area contributed by atoms with E-state index in [9.17, 15) is 18.0 Å². The summed E-state index contributed by atoms with van der Waals surface area (Å²) in [6.07, 6.45) is -4.45. The second kappa shape index (κ2) is 5.37. The van der Waals surface area contributed by atoms with Crippen LogP contribution in [0.3, 0.4) is 0 Å². The zero-order chi connectivity index (χ0) is 12.9. The van der Waals surface area contributed by atoms with Gasteiger partial charge in [0.2, 0.25) is 0 Å². The van der Waals surface area contributed by atoms with Gasteiger partial charge in [-0.25, -0.2) is 0 Å². The molecule has 1 N–H and O–H groups in total. The van der Waals surface area contributed by atoms with Gasteiger partial charge in [-0.3, -0.25) is 4.79 Å². The molecule has 1 aromatic carbocycles. The van der Waals surface area contributed by atoms with Crippen molar-refractivity contribution in [3.8, 4) is 17.6 Å². The lowest BCUT2D eigenvalue weighted by Gasteiger charge is -2.09. The molecule has 0 bridgehead atoms. The lowest BCUT2D eigenvalue weighted by Crippen LogP contribution is -2.17. The Hall–Kier alpha value is -2.00. The summed E-state index contributed by atoms with van der Waals surface area (Å²) in [7, 11) is 0. The van der Waals surface area contributed by atoms with Crippen LogP contribution in [0.4, 0.5) is 13.2 Å². The number of carbonyl (C=O) groups is 1. The lowest BCUT2D eigenvalue weighted by atomic mass is 10.1. The van der Waals surface area contributed by atoms with Crippen LogP contribution < -0.4 is 4.74 Å². The standard InChI is InChI=1S/C11H7F3O3/c12-11(13,14)17-10-5-8(2-1-3-15)4-9(6-10)7-16/h4-7,15H,3H2. The molecule has 0 heterocycles. The van der Waals surface area contributed by atoms with Crippen LogP contribution in [0.2, 0.25) is 0 Å². The fourth-order valence-electron chi connectivity index (χ4n) is 1.10. The molecular weight excluding hydrogens is 237 g/mol. The molecule has 0 atom stereocenters. The van der Waals surface area contributed by atoms with Gasteiger partial charge in [0.15, 0.2) is 0 Å². The van der Waals surface area contributed by atoms with Crippen molar-refractivity contribution in [3.05, 3.63) is 29.3 Å². The molecule has 0 saturated carbocycles. The number of rotatable bonds is 2. The van der Waals surface area contributed by atoms with Crippen LogP contribution in [0.25, 0.3) is 0 Å². The van der Waals surface area contributed by atoms with Crippen LogP contribution >= 0.6 is 0 Å². The van der Waals surface area contributed by atoms with Crippen molar-refractivity contribution < 1.29 is 27.8 Å². The quantitative estimate of drug-likeness (QED) is 0.636. The van der Waals surface area contributed by atoms with Gasteiger partial charge in [0.25, 0.3) is 0 Å². The van der Waals surface area contributed by atoms with Crippen LogP contribution in [0, 0.1) is 11.8 Å². The molecule has 0 aliphatic carbocycles. The van der Waals surface area contributed by atoms with E-state index in [1.54, 1.807) is 0 Å². The topological polar surface area (TPSA) is 46.5 Å². The Kier molecular flexibility index (Phi) is 4.12. The molecule has 1 aromatic rings. The molecule has 17 heavy (non-hydrogen) atoms. The maximum absolute atomic E-state index is 12.0. The summed E-state index contributed by atoms with van der Waals surface area (Å²) in [5, 5.41) is 8.46. The first-order chi connectivity index (χ1) is 7.94. The normalized spacial score (nSPS) is 10.4. The Balaban J connectivity index is 3.09. The average Bonchev–Trinajstić information content (AvgIpc) is 2.23. The zero-order valence-corrected chi connectivity index (χ0v) is 8.41. The molecule has 0 fully saturated rings. The van der Waals surface area contributed by atoms with Crippen molar-refractivity contribution in [1.82, 2.24) is 0 Å². The molecule has 0 unspecified atom stereocenters. The maximum Gasteiger partial charge on any atom is 0.573 e. The first kappa shape index (κ1) is 13.1. The number of hydrogen-bond donors (Lipinski definition) is 1. The molecule has 0 spiro atoms. The van der Waals surface area contributed by atoms with Crippen LogP contribution in [0.1, 0.15) is 15.9 Å². The number of halogens is 3. The molecule has 0 radical (unpaired) electrons. The van der Waals surface area contributed by atoms with Crippen LogP contribution in [0.15, 0.2) is 18.2 Å². The predicted octanol–water partition coefficient (Wildman–Crippen LogP) is 1.74. The van der Waals surface area contributed by atoms with Gasteiger partial charge in [-0.15, -0.1) is 13.2 Å². The summed E-state index contributed by atoms with van der Waals surface area (Å²) in [5.74, 6) is 4.12. The van der Waals surface area contributed by atoms with Crippen molar-refractivity contribution >= 4 is 6.29 Å². The molecule has 90 valence electrons. The van der Waals surface area contributed by atoms with E-state index >= 15 is 0 Å². The molecule has 0 aliphatic rings. The Labute approximate surface area is 94.8 Å². The predicted molar refractivity (Wildman–Crippen MR) is 52.5 cm³/mol. The van der Waals surface area contributed by atoms with Crippen molar-refractivity contribution in [2.75, 3.05) is 6.61 Å². The molecule has 6 heteroatoms. The molecule has 0 aliphatic heterocycles. The number of ether oxygens (including phenoxy) is 1. The monoisotopic (exact) mass is 244 g/mol. The summed E-state index contributed by atoms with van der Waals surface area (Å²) in [6, 6.07) is 3.27. The number of benzene rings is 1. The highest BCUT2D eigenvalue weighted by molar-refractivity contribution is 5.76. The lowest BCUT2D eigenvalue weighted by molar-refractivity contribution is -0.274. The van der Waals surface area contributed by atoms with Gasteiger partial charge < -0.3 is 9.84 Å². The van der Waals surface area contributed by atoms with Crippen LogP contribution in [-0.2, 0) is 0 Å². The van der Waals surface area contributed by atoms with E-state index in [1.165, 1.54) is 6.07 Å². The highest BCUT2D eigenvalue weighted by Crippen LogP contribution is 2.24. The van der Waals surface area contributed by atoms with Gasteiger partial charge in [0.1, 0.15) is 18.6 Å². The van der Waals surface area contributed by atoms with E-state index in [0.29, 0.717) is 6.29 Å². The van der Waals surface area contributed by atoms with Gasteiger partial charge in [0, 0.05) is 11.1 Å². The van der Waals surface area contributed by atoms with Crippen molar-refractivity contribution in [2.45, 2.75) is 6.36 Å². The van der Waals surface area contributed by atoms with Crippen LogP contribution in [-0.4, -0.2) is 24.4 Å². The molecule has 1 rings (SSSR count). The first-order valence-corrected chi connectivity index (χ1v) is 4.40. The fraction of sp³-hybridized carbons (Fsp3) is 0.182. The van der Waals surface area contributed by atoms with E-state index in [0.717, 1.165) is 12.1 Å². The number of aldehydes is 1. The molecule has 0 saturated heterocycles. The Bertz CT molecular complexity index is 469. The Morgan fingerprint density at radius 3 is 2.59 bits per heavy atom. The van der Waals surface area contributed by atoms with Gasteiger partial charge in [-0.2, -0.15) is 0 Å². The van der Waals surface area contributed by atoms with Crippen molar-refractivity contribution in [2.24, 2.45) is 0 Å². The Morgan fingerprint density at radius 1 is 1.35 bits per heavy atom.